The molecule has 25 valence electrons. The molecule has 0 heterocycles. The van der Waals surface area contributed by atoms with E-state index in [0.29, 0.717) is 0 Å². The zero-order chi connectivity index (χ0) is 4.28. The Hall–Kier alpha value is 1.44. The summed E-state index contributed by atoms with van der Waals surface area (Å²) in [6.45, 7) is 0. The molecule has 0 aliphatic rings. The van der Waals surface area contributed by atoms with Crippen LogP contribution in [-0.4, -0.2) is 0.749 Å². The van der Waals surface area contributed by atoms with E-state index >= 15 is 0 Å². The predicted molar refractivity (Wildman–Crippen MR) is 25.4 cm³/mol. The fourth-order valence-electron chi connectivity index (χ4n) is 0. The summed E-state index contributed by atoms with van der Waals surface area (Å²) in [5.74, 6) is 0. The first kappa shape index (κ1) is 3.62. The standard InChI is InChI=1S/IN.S.W.H/c1-2;;;/i;;;1+2. The molecule has 4 heteroatoms. The average Bonchev–Trinajstić information content (AvgIpc) is 1.38. The zero-order valence-corrected chi connectivity index (χ0v) is 7.55. The number of rotatable bonds is 0. The normalized spacial score (nSPS) is 15.2. The summed E-state index contributed by atoms with van der Waals surface area (Å²) in [5.41, 5.74) is 0. The van der Waals surface area contributed by atoms with Crippen molar-refractivity contribution in [3.05, 3.63) is 0 Å². The molecule has 0 aliphatic heterocycles. The Bertz CT molecular complexity index is 83.6. The van der Waals surface area contributed by atoms with Crippen molar-refractivity contribution in [2.24, 2.45) is 1.71 Å². The second-order valence-corrected chi connectivity index (χ2v) is 5.62. The molecule has 0 bridgehead atoms. The van der Waals surface area contributed by atoms with Gasteiger partial charge < -0.3 is 0 Å². The van der Waals surface area contributed by atoms with Crippen molar-refractivity contribution in [3.63, 3.8) is 0 Å². The summed E-state index contributed by atoms with van der Waals surface area (Å²) < 4.78 is 10.2. The Morgan fingerprint density at radius 1 is 2.50 bits per heavy atom. The van der Waals surface area contributed by atoms with Crippen LogP contribution in [0.15, 0.2) is 1.71 Å². The van der Waals surface area contributed by atoms with Crippen LogP contribution in [0.1, 0.15) is 0 Å². The predicted octanol–water partition coefficient (Wildman–Crippen LogP) is 1.45. The van der Waals surface area contributed by atoms with Crippen molar-refractivity contribution in [2.75, 3.05) is 0 Å². The van der Waals surface area contributed by atoms with E-state index in [0.717, 1.165) is 0 Å². The van der Waals surface area contributed by atoms with E-state index < -0.39 is 16.4 Å². The van der Waals surface area contributed by atoms with Gasteiger partial charge in [0.2, 0.25) is 0 Å². The summed E-state index contributed by atoms with van der Waals surface area (Å²) in [6, 6.07) is 0. The monoisotopic (exact) mass is 360 g/mol. The van der Waals surface area contributed by atoms with E-state index in [4.69, 9.17) is 0.749 Å². The van der Waals surface area contributed by atoms with E-state index in [-0.39, 0.29) is 0 Å². The van der Waals surface area contributed by atoms with Gasteiger partial charge >= 0.3 is 51.5 Å². The molecular weight excluding hydrogens is 357 g/mol. The van der Waals surface area contributed by atoms with Crippen LogP contribution < -0.4 is 0 Å². The molecule has 4 heavy (non-hydrogen) atoms. The van der Waals surface area contributed by atoms with Gasteiger partial charge in [0.05, 0.1) is 0 Å². The maximum atomic E-state index is 6.66. The Labute approximate surface area is 51.1 Å². The number of hydrogen-bond acceptors (Lipinski definition) is 2. The quantitative estimate of drug-likeness (QED) is 0.596. The van der Waals surface area contributed by atoms with E-state index in [1.807, 2.05) is 0 Å². The number of halogens is 1. The van der Waals surface area contributed by atoms with Gasteiger partial charge in [-0.15, -0.1) is 0 Å². The van der Waals surface area contributed by atoms with Crippen molar-refractivity contribution < 1.29 is 16.4 Å². The topological polar surface area (TPSA) is 12.4 Å². The molecule has 0 unspecified atom stereocenters. The van der Waals surface area contributed by atoms with Crippen LogP contribution in [0.3, 0.4) is 0 Å². The van der Waals surface area contributed by atoms with E-state index in [9.17, 15) is 0 Å². The van der Waals surface area contributed by atoms with Crippen LogP contribution in [0.4, 0.5) is 0 Å². The molecule has 0 radical (unpaired) electrons. The summed E-state index contributed by atoms with van der Waals surface area (Å²) in [7, 11) is 4.47. The van der Waals surface area contributed by atoms with Gasteiger partial charge in [0.15, 0.2) is 0 Å². The van der Waals surface area contributed by atoms with Gasteiger partial charge in [0.1, 0.15) is 0 Å². The summed E-state index contributed by atoms with van der Waals surface area (Å²) in [4.78, 5) is 0. The molecule has 0 saturated carbocycles. The van der Waals surface area contributed by atoms with Gasteiger partial charge in [0.25, 0.3) is 0 Å². The first-order chi connectivity index (χ1) is 2.27. The Morgan fingerprint density at radius 3 is 2.75 bits per heavy atom. The first-order valence-electron chi connectivity index (χ1n) is 0.927. The van der Waals surface area contributed by atoms with Crippen LogP contribution in [0.5, 0.6) is 0 Å². The summed E-state index contributed by atoms with van der Waals surface area (Å²) in [5, 5.41) is 0. The van der Waals surface area contributed by atoms with Crippen molar-refractivity contribution in [1.82, 2.24) is 0 Å². The van der Waals surface area contributed by atoms with Gasteiger partial charge in [-0.1, -0.05) is 0 Å². The molecule has 0 N–H and O–H groups in total. The van der Waals surface area contributed by atoms with Crippen LogP contribution in [0.2, 0.25) is 0 Å². The molecule has 1 nitrogen and oxygen atoms in total. The molecule has 0 aromatic carbocycles. The minimum atomic E-state index is -2.12. The molecule has 0 rings (SSSR count). The van der Waals surface area contributed by atoms with E-state index in [2.05, 4.69) is 11.5 Å². The Kier molecular flexibility index (Phi) is 4.02. The number of hydrogen-bond donors (Lipinski definition) is 0. The van der Waals surface area contributed by atoms with Crippen LogP contribution >= 0.6 is 32.7 Å². The SMILES string of the molecule is [3H]/[W](=[S])=[N]/I. The minimum absolute atomic E-state index is 1.80. The second-order valence-electron chi connectivity index (χ2n) is 0.144. The Balaban J connectivity index is 3.62. The third-order valence-corrected chi connectivity index (χ3v) is 4.64. The van der Waals surface area contributed by atoms with Crippen LogP contribution in [-0.2, 0) is 16.4 Å². The van der Waals surface area contributed by atoms with Gasteiger partial charge in [-0.2, -0.15) is 0 Å². The van der Waals surface area contributed by atoms with Gasteiger partial charge in [0, 0.05) is 0 Å². The van der Waals surface area contributed by atoms with Gasteiger partial charge in [-0.05, 0) is 0 Å². The molecule has 0 atom stereocenters. The average molecular weight is 360 g/mol. The maximum absolute atomic E-state index is 6.66. The Morgan fingerprint density at radius 2 is 2.75 bits per heavy atom. The molecule has 0 aromatic rings. The molecule has 0 aromatic heterocycles. The van der Waals surface area contributed by atoms with Crippen molar-refractivity contribution in [3.8, 4) is 0 Å². The summed E-state index contributed by atoms with van der Waals surface area (Å²) in [6.07, 6.45) is 0. The van der Waals surface area contributed by atoms with Crippen LogP contribution in [0.25, 0.3) is 0 Å². The number of nitrogens with zero attached hydrogens (tertiary/aromatic N) is 1. The molecule has 0 aliphatic carbocycles. The molecule has 0 fully saturated rings. The summed E-state index contributed by atoms with van der Waals surface area (Å²) >= 11 is -0.321. The van der Waals surface area contributed by atoms with Crippen molar-refractivity contribution in [2.45, 2.75) is 0 Å². The van der Waals surface area contributed by atoms with E-state index in [1.54, 1.807) is 22.9 Å². The van der Waals surface area contributed by atoms with Gasteiger partial charge in [-0.25, -0.2) is 0 Å². The molecule has 0 spiro atoms. The first-order valence-corrected chi connectivity index (χ1v) is 6.72. The third-order valence-electron chi connectivity index (χ3n) is 0.0282. The van der Waals surface area contributed by atoms with E-state index in [1.165, 1.54) is 0 Å². The second kappa shape index (κ2) is 4.44. The molecular formula is HINSW. The zero-order valence-electron chi connectivity index (χ0n) is 2.64. The van der Waals surface area contributed by atoms with Crippen molar-refractivity contribution in [1.29, 1.82) is 0.749 Å². The fraction of sp³-hybridized carbons (Fsp3) is 0. The molecule has 0 saturated heterocycles. The third kappa shape index (κ3) is 3.44. The van der Waals surface area contributed by atoms with Crippen molar-refractivity contribution >= 4 is 32.7 Å². The molecule has 0 amide bonds. The fourth-order valence-corrected chi connectivity index (χ4v) is 0. The van der Waals surface area contributed by atoms with Gasteiger partial charge in [-0.3, -0.25) is 0 Å². The van der Waals surface area contributed by atoms with Crippen LogP contribution in [0, 0.1) is 0 Å².